The van der Waals surface area contributed by atoms with Crippen LogP contribution in [0.2, 0.25) is 0 Å². The predicted octanol–water partition coefficient (Wildman–Crippen LogP) is 4.00. The first-order valence-corrected chi connectivity index (χ1v) is 10.9. The van der Waals surface area contributed by atoms with E-state index in [-0.39, 0.29) is 41.2 Å². The van der Waals surface area contributed by atoms with E-state index < -0.39 is 4.92 Å². The van der Waals surface area contributed by atoms with Crippen LogP contribution in [0.3, 0.4) is 0 Å². The van der Waals surface area contributed by atoms with Crippen LogP contribution < -0.4 is 0 Å². The fourth-order valence-electron chi connectivity index (χ4n) is 5.55. The number of imide groups is 1. The molecule has 4 aliphatic carbocycles. The second-order valence-corrected chi connectivity index (χ2v) is 9.37. The Hall–Kier alpha value is -3.07. The molecule has 156 valence electrons. The van der Waals surface area contributed by atoms with Gasteiger partial charge in [0.1, 0.15) is 11.5 Å². The van der Waals surface area contributed by atoms with E-state index in [2.05, 4.69) is 33.2 Å². The number of rotatable bonds is 4. The molecule has 1 aromatic heterocycles. The number of allylic oxidation sites excluding steroid dienone is 2. The number of halogens is 1. The van der Waals surface area contributed by atoms with Gasteiger partial charge >= 0.3 is 0 Å². The van der Waals surface area contributed by atoms with Gasteiger partial charge in [0.05, 0.1) is 23.0 Å². The molecule has 0 unspecified atom stereocenters. The lowest BCUT2D eigenvalue weighted by molar-refractivity contribution is -0.384. The molecule has 7 rings (SSSR count). The molecule has 3 fully saturated rings. The summed E-state index contributed by atoms with van der Waals surface area (Å²) in [6.45, 7) is 0. The van der Waals surface area contributed by atoms with Crippen molar-refractivity contribution in [1.82, 2.24) is 5.01 Å². The van der Waals surface area contributed by atoms with Crippen LogP contribution in [-0.2, 0) is 9.59 Å². The number of non-ortho nitro benzene ring substituents is 1. The minimum absolute atomic E-state index is 0.0300. The highest BCUT2D eigenvalue weighted by Crippen LogP contribution is 2.65. The third kappa shape index (κ3) is 2.69. The van der Waals surface area contributed by atoms with E-state index in [9.17, 15) is 19.7 Å². The second-order valence-electron chi connectivity index (χ2n) is 8.51. The molecular weight excluding hydrogens is 466 g/mol. The highest BCUT2D eigenvalue weighted by atomic mass is 79.9. The molecule has 0 N–H and O–H groups in total. The monoisotopic (exact) mass is 481 g/mol. The van der Waals surface area contributed by atoms with Crippen molar-refractivity contribution in [3.63, 3.8) is 0 Å². The number of hydrazone groups is 1. The molecule has 9 heteroatoms. The van der Waals surface area contributed by atoms with Crippen molar-refractivity contribution < 1.29 is 18.9 Å². The zero-order valence-corrected chi connectivity index (χ0v) is 17.6. The van der Waals surface area contributed by atoms with E-state index in [1.54, 1.807) is 18.2 Å². The van der Waals surface area contributed by atoms with Gasteiger partial charge in [-0.2, -0.15) is 10.1 Å². The maximum Gasteiger partial charge on any atom is 0.270 e. The maximum atomic E-state index is 12.9. The molecule has 1 aromatic carbocycles. The number of furan rings is 1. The number of nitro groups is 1. The normalized spacial score (nSPS) is 32.6. The molecule has 6 atom stereocenters. The first-order chi connectivity index (χ1) is 14.9. The van der Waals surface area contributed by atoms with Gasteiger partial charge in [-0.3, -0.25) is 19.7 Å². The van der Waals surface area contributed by atoms with Gasteiger partial charge in [-0.15, -0.1) is 0 Å². The number of nitro benzene ring substituents is 1. The molecule has 2 saturated carbocycles. The molecular formula is C22H16BrN3O5. The van der Waals surface area contributed by atoms with E-state index in [0.29, 0.717) is 33.4 Å². The van der Waals surface area contributed by atoms with Crippen LogP contribution in [0.4, 0.5) is 5.69 Å². The van der Waals surface area contributed by atoms with Gasteiger partial charge in [0.15, 0.2) is 0 Å². The Kier molecular flexibility index (Phi) is 3.89. The average molecular weight is 482 g/mol. The molecule has 0 radical (unpaired) electrons. The lowest BCUT2D eigenvalue weighted by Gasteiger charge is -2.37. The van der Waals surface area contributed by atoms with E-state index in [4.69, 9.17) is 4.42 Å². The highest BCUT2D eigenvalue weighted by molar-refractivity contribution is 9.10. The Morgan fingerprint density at radius 1 is 1.10 bits per heavy atom. The summed E-state index contributed by atoms with van der Waals surface area (Å²) in [5.74, 6) is 1.25. The zero-order chi connectivity index (χ0) is 21.4. The Morgan fingerprint density at radius 3 is 2.39 bits per heavy atom. The first-order valence-electron chi connectivity index (χ1n) is 10.1. The highest BCUT2D eigenvalue weighted by Gasteiger charge is 2.67. The summed E-state index contributed by atoms with van der Waals surface area (Å²) in [6.07, 6.45) is 6.73. The third-order valence-corrected chi connectivity index (χ3v) is 7.65. The Balaban J connectivity index is 1.23. The number of benzene rings is 1. The number of carbonyl (C=O) groups excluding carboxylic acids is 2. The van der Waals surface area contributed by atoms with Crippen LogP contribution >= 0.6 is 15.9 Å². The molecule has 1 saturated heterocycles. The molecule has 31 heavy (non-hydrogen) atoms. The summed E-state index contributed by atoms with van der Waals surface area (Å²) in [5, 5.41) is 16.1. The number of nitrogens with zero attached hydrogens (tertiary/aromatic N) is 3. The van der Waals surface area contributed by atoms with Gasteiger partial charge in [0, 0.05) is 22.2 Å². The van der Waals surface area contributed by atoms with Crippen LogP contribution in [0.1, 0.15) is 12.2 Å². The molecule has 2 amide bonds. The van der Waals surface area contributed by atoms with E-state index in [0.717, 1.165) is 11.4 Å². The molecule has 1 aliphatic heterocycles. The third-order valence-electron chi connectivity index (χ3n) is 7.00. The van der Waals surface area contributed by atoms with Gasteiger partial charge in [-0.1, -0.05) is 12.2 Å². The molecule has 2 heterocycles. The SMILES string of the molecule is O=C1[C@@H]2[C@H]3C=C[C@@H]([C@@H]4C[C@H]34)[C@@H]2C(=O)N1/N=C\c1ccc(-c2ccc([N+](=O)[O-])cc2Br)o1. The lowest BCUT2D eigenvalue weighted by Crippen LogP contribution is -2.40. The number of amides is 2. The largest absolute Gasteiger partial charge is 0.455 e. The molecule has 8 nitrogen and oxygen atoms in total. The van der Waals surface area contributed by atoms with Crippen LogP contribution in [0.25, 0.3) is 11.3 Å². The second kappa shape index (κ2) is 6.46. The summed E-state index contributed by atoms with van der Waals surface area (Å²) in [7, 11) is 0. The van der Waals surface area contributed by atoms with Crippen LogP contribution in [0.5, 0.6) is 0 Å². The number of hydrogen-bond donors (Lipinski definition) is 0. The Labute approximate surface area is 184 Å². The van der Waals surface area contributed by atoms with Crippen molar-refractivity contribution >= 4 is 39.6 Å². The average Bonchev–Trinajstić information content (AvgIpc) is 3.40. The first kappa shape index (κ1) is 18.7. The molecule has 2 bridgehead atoms. The predicted molar refractivity (Wildman–Crippen MR) is 113 cm³/mol. The van der Waals surface area contributed by atoms with Crippen molar-refractivity contribution in [3.05, 3.63) is 62.8 Å². The fourth-order valence-corrected chi connectivity index (χ4v) is 6.12. The van der Waals surface area contributed by atoms with Gasteiger partial charge in [0.25, 0.3) is 17.5 Å². The standard InChI is InChI=1S/C22H16BrN3O5/c23-17-7-10(26(29)30)1-3-14(17)18-6-2-11(31-18)9-24-25-21(27)19-12-4-5-13(16-8-15(12)16)20(19)22(25)28/h1-7,9,12-13,15-16,19-20H,8H2/b24-9-/t12-,13-,15-,16+,19-,20+/m0/s1. The summed E-state index contributed by atoms with van der Waals surface area (Å²) < 4.78 is 6.29. The molecule has 2 aromatic rings. The van der Waals surface area contributed by atoms with Crippen LogP contribution in [0.15, 0.2) is 56.5 Å². The van der Waals surface area contributed by atoms with Crippen molar-refractivity contribution in [2.75, 3.05) is 0 Å². The lowest BCUT2D eigenvalue weighted by atomic mass is 9.63. The van der Waals surface area contributed by atoms with Gasteiger partial charge in [0.2, 0.25) is 0 Å². The molecule has 0 spiro atoms. The Morgan fingerprint density at radius 2 is 1.77 bits per heavy atom. The minimum atomic E-state index is -0.471. The van der Waals surface area contributed by atoms with Crippen LogP contribution in [0, 0.1) is 45.6 Å². The van der Waals surface area contributed by atoms with Gasteiger partial charge in [-0.25, -0.2) is 0 Å². The Bertz CT molecular complexity index is 1180. The van der Waals surface area contributed by atoms with Crippen molar-refractivity contribution in [2.24, 2.45) is 40.6 Å². The van der Waals surface area contributed by atoms with E-state index >= 15 is 0 Å². The molecule has 5 aliphatic rings. The minimum Gasteiger partial charge on any atom is -0.455 e. The summed E-state index contributed by atoms with van der Waals surface area (Å²) in [6, 6.07) is 7.77. The van der Waals surface area contributed by atoms with E-state index in [1.165, 1.54) is 18.3 Å². The van der Waals surface area contributed by atoms with Gasteiger partial charge in [-0.05, 0) is 64.2 Å². The number of carbonyl (C=O) groups is 2. The van der Waals surface area contributed by atoms with E-state index in [1.807, 2.05) is 0 Å². The smallest absolute Gasteiger partial charge is 0.270 e. The van der Waals surface area contributed by atoms with Gasteiger partial charge < -0.3 is 4.42 Å². The van der Waals surface area contributed by atoms with Crippen LogP contribution in [-0.4, -0.2) is 28.0 Å². The summed E-state index contributed by atoms with van der Waals surface area (Å²) >= 11 is 3.33. The quantitative estimate of drug-likeness (QED) is 0.215. The fraction of sp³-hybridized carbons (Fsp3) is 0.318. The topological polar surface area (TPSA) is 106 Å². The van der Waals surface area contributed by atoms with Crippen molar-refractivity contribution in [1.29, 1.82) is 0 Å². The zero-order valence-electron chi connectivity index (χ0n) is 16.1. The van der Waals surface area contributed by atoms with Crippen molar-refractivity contribution in [3.8, 4) is 11.3 Å². The van der Waals surface area contributed by atoms with Crippen molar-refractivity contribution in [2.45, 2.75) is 6.42 Å². The summed E-state index contributed by atoms with van der Waals surface area (Å²) in [4.78, 5) is 36.3. The number of hydrogen-bond acceptors (Lipinski definition) is 6. The summed E-state index contributed by atoms with van der Waals surface area (Å²) in [5.41, 5.74) is 0.615. The maximum absolute atomic E-state index is 12.9.